The van der Waals surface area contributed by atoms with Crippen LogP contribution in [-0.2, 0) is 35.0 Å². The molecule has 2 rings (SSSR count). The molecule has 6 heteroatoms. The van der Waals surface area contributed by atoms with Crippen molar-refractivity contribution in [3.8, 4) is 0 Å². The molecule has 0 spiro atoms. The Morgan fingerprint density at radius 2 is 1.70 bits per heavy atom. The van der Waals surface area contributed by atoms with Crippen LogP contribution < -0.4 is 0 Å². The van der Waals surface area contributed by atoms with Crippen molar-refractivity contribution in [3.63, 3.8) is 0 Å². The molecule has 1 aromatic rings. The summed E-state index contributed by atoms with van der Waals surface area (Å²) in [6.45, 7) is 0. The molecule has 6 nitrogen and oxygen atoms in total. The third kappa shape index (κ3) is 4.31. The lowest BCUT2D eigenvalue weighted by Gasteiger charge is -2.33. The second kappa shape index (κ2) is 7.76. The van der Waals surface area contributed by atoms with Crippen LogP contribution in [0.2, 0.25) is 0 Å². The molecule has 23 heavy (non-hydrogen) atoms. The first-order valence-electron chi connectivity index (χ1n) is 7.45. The normalized spacial score (nSPS) is 20.8. The van der Waals surface area contributed by atoms with Crippen LogP contribution in [0.25, 0.3) is 0 Å². The Balaban J connectivity index is 1.93. The van der Waals surface area contributed by atoms with Crippen molar-refractivity contribution in [2.75, 3.05) is 14.2 Å². The van der Waals surface area contributed by atoms with E-state index < -0.39 is 17.9 Å². The van der Waals surface area contributed by atoms with E-state index in [4.69, 9.17) is 9.47 Å². The number of ether oxygens (including phenoxy) is 3. The summed E-state index contributed by atoms with van der Waals surface area (Å²) < 4.78 is 14.7. The fraction of sp³-hybridized carbons (Fsp3) is 0.471. The molecule has 1 saturated carbocycles. The molecular formula is C17H20O6. The number of hydrogen-bond acceptors (Lipinski definition) is 6. The van der Waals surface area contributed by atoms with Gasteiger partial charge in [0.15, 0.2) is 5.92 Å². The van der Waals surface area contributed by atoms with E-state index in [1.165, 1.54) is 14.2 Å². The van der Waals surface area contributed by atoms with Gasteiger partial charge in [-0.3, -0.25) is 14.4 Å². The zero-order valence-electron chi connectivity index (χ0n) is 13.2. The third-order valence-corrected chi connectivity index (χ3v) is 3.97. The van der Waals surface area contributed by atoms with Gasteiger partial charge in [0.25, 0.3) is 0 Å². The number of methoxy groups -OCH3 is 2. The van der Waals surface area contributed by atoms with Gasteiger partial charge in [-0.15, -0.1) is 0 Å². The Kier molecular flexibility index (Phi) is 5.73. The van der Waals surface area contributed by atoms with Crippen LogP contribution in [0.3, 0.4) is 0 Å². The number of carbonyl (C=O) groups is 3. The third-order valence-electron chi connectivity index (χ3n) is 3.97. The minimum atomic E-state index is -1.00. The highest BCUT2D eigenvalue weighted by Gasteiger charge is 2.40. The van der Waals surface area contributed by atoms with Crippen molar-refractivity contribution in [2.24, 2.45) is 11.8 Å². The maximum Gasteiger partial charge on any atom is 0.320 e. The highest BCUT2D eigenvalue weighted by Crippen LogP contribution is 2.31. The number of hydrogen-bond donors (Lipinski definition) is 0. The van der Waals surface area contributed by atoms with Gasteiger partial charge < -0.3 is 14.2 Å². The average molecular weight is 320 g/mol. The average Bonchev–Trinajstić information content (AvgIpc) is 2.54. The Morgan fingerprint density at radius 3 is 2.26 bits per heavy atom. The van der Waals surface area contributed by atoms with E-state index in [1.807, 2.05) is 30.3 Å². The molecule has 0 radical (unpaired) electrons. The van der Waals surface area contributed by atoms with Crippen LogP contribution in [0.4, 0.5) is 0 Å². The van der Waals surface area contributed by atoms with Gasteiger partial charge in [-0.05, 0) is 24.8 Å². The van der Waals surface area contributed by atoms with Crippen molar-refractivity contribution >= 4 is 17.9 Å². The van der Waals surface area contributed by atoms with Crippen molar-refractivity contribution < 1.29 is 28.6 Å². The van der Waals surface area contributed by atoms with Gasteiger partial charge >= 0.3 is 17.9 Å². The molecular weight excluding hydrogens is 300 g/mol. The Labute approximate surface area is 134 Å². The van der Waals surface area contributed by atoms with Crippen LogP contribution in [0.15, 0.2) is 30.3 Å². The van der Waals surface area contributed by atoms with Crippen LogP contribution in [0, 0.1) is 11.8 Å². The fourth-order valence-electron chi connectivity index (χ4n) is 2.52. The molecule has 0 aromatic heterocycles. The molecule has 1 aromatic carbocycles. The van der Waals surface area contributed by atoms with Crippen molar-refractivity contribution in [3.05, 3.63) is 35.9 Å². The SMILES string of the molecule is COC(=O)C(Cc1ccccc1)C(=O)O[C@H]1C[C@@H](C(=O)OC)C1. The zero-order valence-corrected chi connectivity index (χ0v) is 13.2. The first-order chi connectivity index (χ1) is 11.0. The van der Waals surface area contributed by atoms with Crippen LogP contribution in [0.5, 0.6) is 0 Å². The largest absolute Gasteiger partial charge is 0.469 e. The maximum atomic E-state index is 12.3. The summed E-state index contributed by atoms with van der Waals surface area (Å²) >= 11 is 0. The summed E-state index contributed by atoms with van der Waals surface area (Å²) in [5, 5.41) is 0. The summed E-state index contributed by atoms with van der Waals surface area (Å²) in [7, 11) is 2.57. The second-order valence-electron chi connectivity index (χ2n) is 5.52. The number of esters is 3. The first-order valence-corrected chi connectivity index (χ1v) is 7.45. The molecule has 1 aliphatic rings. The summed E-state index contributed by atoms with van der Waals surface area (Å²) in [4.78, 5) is 35.4. The smallest absolute Gasteiger partial charge is 0.320 e. The predicted octanol–water partition coefficient (Wildman–Crippen LogP) is 1.51. The zero-order chi connectivity index (χ0) is 16.8. The van der Waals surface area contributed by atoms with Crippen molar-refractivity contribution in [1.82, 2.24) is 0 Å². The molecule has 1 fully saturated rings. The lowest BCUT2D eigenvalue weighted by molar-refractivity contribution is -0.173. The van der Waals surface area contributed by atoms with Crippen molar-refractivity contribution in [1.29, 1.82) is 0 Å². The topological polar surface area (TPSA) is 78.9 Å². The number of rotatable bonds is 6. The van der Waals surface area contributed by atoms with Gasteiger partial charge in [-0.1, -0.05) is 30.3 Å². The van der Waals surface area contributed by atoms with Crippen LogP contribution >= 0.6 is 0 Å². The first kappa shape index (κ1) is 17.0. The molecule has 0 saturated heterocycles. The minimum absolute atomic E-state index is 0.222. The van der Waals surface area contributed by atoms with E-state index in [9.17, 15) is 14.4 Å². The molecule has 1 aliphatic carbocycles. The monoisotopic (exact) mass is 320 g/mol. The van der Waals surface area contributed by atoms with Crippen LogP contribution in [0.1, 0.15) is 18.4 Å². The molecule has 0 bridgehead atoms. The minimum Gasteiger partial charge on any atom is -0.469 e. The van der Waals surface area contributed by atoms with E-state index >= 15 is 0 Å². The lowest BCUT2D eigenvalue weighted by Crippen LogP contribution is -2.41. The van der Waals surface area contributed by atoms with Gasteiger partial charge in [-0.2, -0.15) is 0 Å². The van der Waals surface area contributed by atoms with Gasteiger partial charge in [0.05, 0.1) is 20.1 Å². The van der Waals surface area contributed by atoms with E-state index in [0.29, 0.717) is 12.8 Å². The quantitative estimate of drug-likeness (QED) is 0.449. The van der Waals surface area contributed by atoms with E-state index in [2.05, 4.69) is 4.74 Å². The van der Waals surface area contributed by atoms with E-state index in [1.54, 1.807) is 0 Å². The Morgan fingerprint density at radius 1 is 1.04 bits per heavy atom. The number of carbonyl (C=O) groups excluding carboxylic acids is 3. The summed E-state index contributed by atoms with van der Waals surface area (Å²) in [5.41, 5.74) is 0.848. The maximum absolute atomic E-state index is 12.3. The standard InChI is InChI=1S/C17H20O6/c1-21-15(18)12-9-13(10-12)23-17(20)14(16(19)22-2)8-11-6-4-3-5-7-11/h3-7,12-14H,8-10H2,1-2H3/t12-,13+,14?. The van der Waals surface area contributed by atoms with E-state index in [0.717, 1.165) is 5.56 Å². The Bertz CT molecular complexity index is 562. The summed E-state index contributed by atoms with van der Waals surface area (Å²) in [6.07, 6.45) is 0.726. The molecule has 124 valence electrons. The summed E-state index contributed by atoms with van der Waals surface area (Å²) in [6, 6.07) is 9.19. The van der Waals surface area contributed by atoms with E-state index in [-0.39, 0.29) is 24.4 Å². The molecule has 0 aliphatic heterocycles. The molecule has 0 N–H and O–H groups in total. The number of benzene rings is 1. The van der Waals surface area contributed by atoms with Gasteiger partial charge in [0.1, 0.15) is 6.10 Å². The molecule has 1 unspecified atom stereocenters. The highest BCUT2D eigenvalue weighted by molar-refractivity contribution is 5.95. The predicted molar refractivity (Wildman–Crippen MR) is 80.3 cm³/mol. The van der Waals surface area contributed by atoms with Gasteiger partial charge in [0.2, 0.25) is 0 Å². The van der Waals surface area contributed by atoms with Crippen LogP contribution in [-0.4, -0.2) is 38.2 Å². The molecule has 1 atom stereocenters. The lowest BCUT2D eigenvalue weighted by atomic mass is 9.82. The van der Waals surface area contributed by atoms with Gasteiger partial charge in [0, 0.05) is 0 Å². The molecule has 0 heterocycles. The summed E-state index contributed by atoms with van der Waals surface area (Å²) in [5.74, 6) is -2.77. The Hall–Kier alpha value is -2.37. The highest BCUT2D eigenvalue weighted by atomic mass is 16.6. The van der Waals surface area contributed by atoms with Crippen molar-refractivity contribution in [2.45, 2.75) is 25.4 Å². The second-order valence-corrected chi connectivity index (χ2v) is 5.52. The molecule has 0 amide bonds. The van der Waals surface area contributed by atoms with Gasteiger partial charge in [-0.25, -0.2) is 0 Å². The fourth-order valence-corrected chi connectivity index (χ4v) is 2.52.